The number of aromatic nitrogens is 6. The summed E-state index contributed by atoms with van der Waals surface area (Å²) in [5, 5.41) is 22.1. The molecule has 10 nitrogen and oxygen atoms in total. The van der Waals surface area contributed by atoms with Gasteiger partial charge in [0.15, 0.2) is 11.6 Å². The van der Waals surface area contributed by atoms with Crippen molar-refractivity contribution >= 4 is 33.8 Å². The van der Waals surface area contributed by atoms with E-state index < -0.39 is 5.82 Å². The second-order valence-electron chi connectivity index (χ2n) is 9.99. The Bertz CT molecular complexity index is 1810. The Balaban J connectivity index is 1.25. The number of halogens is 1. The Morgan fingerprint density at radius 3 is 2.92 bits per heavy atom. The quantitative estimate of drug-likeness (QED) is 0.296. The molecule has 0 radical (unpaired) electrons. The molecule has 2 aliphatic heterocycles. The number of nitrogen functional groups attached to an aromatic ring is 1. The van der Waals surface area contributed by atoms with Gasteiger partial charge in [0.2, 0.25) is 0 Å². The van der Waals surface area contributed by atoms with Gasteiger partial charge in [0.05, 0.1) is 35.6 Å². The first-order valence-corrected chi connectivity index (χ1v) is 12.8. The summed E-state index contributed by atoms with van der Waals surface area (Å²) < 4.78 is 19.7. The van der Waals surface area contributed by atoms with E-state index in [0.717, 1.165) is 41.1 Å². The zero-order chi connectivity index (χ0) is 26.7. The highest BCUT2D eigenvalue weighted by atomic mass is 19.1. The van der Waals surface area contributed by atoms with E-state index in [2.05, 4.69) is 36.2 Å². The predicted molar refractivity (Wildman–Crippen MR) is 146 cm³/mol. The molecule has 0 bridgehead atoms. The molecule has 0 unspecified atom stereocenters. The summed E-state index contributed by atoms with van der Waals surface area (Å²) in [5.74, 6) is 1.44. The summed E-state index contributed by atoms with van der Waals surface area (Å²) in [6.45, 7) is 4.04. The van der Waals surface area contributed by atoms with Gasteiger partial charge in [0.1, 0.15) is 11.6 Å². The summed E-state index contributed by atoms with van der Waals surface area (Å²) in [5.41, 5.74) is 10.7. The number of hydrogen-bond donors (Lipinski definition) is 3. The van der Waals surface area contributed by atoms with Gasteiger partial charge in [-0.15, -0.1) is 0 Å². The fourth-order valence-electron chi connectivity index (χ4n) is 5.60. The number of anilines is 4. The number of nitrogens with one attached hydrogen (secondary N) is 2. The van der Waals surface area contributed by atoms with E-state index in [-0.39, 0.29) is 11.6 Å². The lowest BCUT2D eigenvalue weighted by molar-refractivity contribution is 0.637. The summed E-state index contributed by atoms with van der Waals surface area (Å²) in [7, 11) is 0. The van der Waals surface area contributed by atoms with Crippen LogP contribution in [0, 0.1) is 24.1 Å². The summed E-state index contributed by atoms with van der Waals surface area (Å²) in [6.07, 6.45) is 8.56. The smallest absolute Gasteiger partial charge is 0.154 e. The molecular weight excluding hydrogens is 495 g/mol. The van der Waals surface area contributed by atoms with Gasteiger partial charge in [-0.2, -0.15) is 10.4 Å². The standard InChI is InChI=1S/C28H25FN10/c1-15-20(12-35-28-16(11-30)2-4-33-27(15)28)19-8-17-9-22(34-13-21(17)26(31)25(19)29)36-23-10-18-3-6-38-7-5-32-24(38)14-39(18)37-23/h5,7-10,12-13,16,33H,2-4,6,14,31H2,1H3,(H,34,36,37)/t16-/m0/s1. The molecule has 1 atom stereocenters. The Hall–Kier alpha value is -4.98. The van der Waals surface area contributed by atoms with Crippen molar-refractivity contribution in [3.63, 3.8) is 0 Å². The van der Waals surface area contributed by atoms with Crippen LogP contribution < -0.4 is 16.4 Å². The van der Waals surface area contributed by atoms with Crippen LogP contribution >= 0.6 is 0 Å². The first-order chi connectivity index (χ1) is 19.0. The van der Waals surface area contributed by atoms with Crippen molar-refractivity contribution in [3.8, 4) is 17.2 Å². The minimum atomic E-state index is -0.515. The van der Waals surface area contributed by atoms with E-state index in [1.54, 1.807) is 18.5 Å². The predicted octanol–water partition coefficient (Wildman–Crippen LogP) is 4.49. The molecule has 2 aliphatic rings. The molecule has 0 amide bonds. The van der Waals surface area contributed by atoms with E-state index in [0.29, 0.717) is 53.4 Å². The maximum Gasteiger partial charge on any atom is 0.154 e. The number of aryl methyl sites for hydroxylation is 2. The third kappa shape index (κ3) is 3.75. The third-order valence-electron chi connectivity index (χ3n) is 7.70. The first kappa shape index (κ1) is 23.2. The van der Waals surface area contributed by atoms with Gasteiger partial charge in [-0.25, -0.2) is 14.4 Å². The lowest BCUT2D eigenvalue weighted by atomic mass is 9.91. The molecule has 5 aromatic rings. The fourth-order valence-corrected chi connectivity index (χ4v) is 5.60. The summed E-state index contributed by atoms with van der Waals surface area (Å²) >= 11 is 0. The van der Waals surface area contributed by atoms with Gasteiger partial charge in [0.25, 0.3) is 0 Å². The highest BCUT2D eigenvalue weighted by Crippen LogP contribution is 2.40. The molecule has 4 aromatic heterocycles. The van der Waals surface area contributed by atoms with Crippen LogP contribution in [0.4, 0.5) is 27.4 Å². The Morgan fingerprint density at radius 1 is 1.15 bits per heavy atom. The molecule has 39 heavy (non-hydrogen) atoms. The zero-order valence-electron chi connectivity index (χ0n) is 21.2. The molecule has 0 aliphatic carbocycles. The van der Waals surface area contributed by atoms with Gasteiger partial charge in [-0.3, -0.25) is 9.67 Å². The van der Waals surface area contributed by atoms with Crippen molar-refractivity contribution in [1.29, 1.82) is 5.26 Å². The number of rotatable bonds is 3. The first-order valence-electron chi connectivity index (χ1n) is 12.8. The Morgan fingerprint density at radius 2 is 2.05 bits per heavy atom. The normalized spacial score (nSPS) is 16.0. The minimum absolute atomic E-state index is 0.0331. The van der Waals surface area contributed by atoms with Crippen LogP contribution in [-0.4, -0.2) is 35.8 Å². The molecule has 194 valence electrons. The van der Waals surface area contributed by atoms with Gasteiger partial charge in [0, 0.05) is 72.6 Å². The van der Waals surface area contributed by atoms with Crippen LogP contribution in [0.3, 0.4) is 0 Å². The van der Waals surface area contributed by atoms with Crippen molar-refractivity contribution < 1.29 is 4.39 Å². The number of fused-ring (bicyclic) bond motifs is 4. The average Bonchev–Trinajstić information content (AvgIpc) is 3.52. The summed E-state index contributed by atoms with van der Waals surface area (Å²) in [4.78, 5) is 13.5. The highest BCUT2D eigenvalue weighted by molar-refractivity contribution is 5.98. The molecule has 6 heterocycles. The molecule has 0 saturated carbocycles. The highest BCUT2D eigenvalue weighted by Gasteiger charge is 2.25. The van der Waals surface area contributed by atoms with Gasteiger partial charge in [-0.05, 0) is 36.4 Å². The number of benzene rings is 1. The number of pyridine rings is 2. The molecule has 0 fully saturated rings. The average molecular weight is 521 g/mol. The van der Waals surface area contributed by atoms with Gasteiger partial charge in [-0.1, -0.05) is 0 Å². The monoisotopic (exact) mass is 520 g/mol. The lowest BCUT2D eigenvalue weighted by Gasteiger charge is -2.24. The second-order valence-corrected chi connectivity index (χ2v) is 9.99. The van der Waals surface area contributed by atoms with E-state index in [4.69, 9.17) is 10.8 Å². The Kier molecular flexibility index (Phi) is 5.23. The SMILES string of the molecule is Cc1c(-c2cc3cc(Nc4cc5n(n4)Cc4nccn4CC5)ncc3c(N)c2F)cnc2c1NCC[C@H]2C#N. The Labute approximate surface area is 223 Å². The molecular formula is C28H25FN10. The van der Waals surface area contributed by atoms with Crippen LogP contribution in [0.1, 0.15) is 35.1 Å². The maximum atomic E-state index is 15.6. The van der Waals surface area contributed by atoms with Crippen molar-refractivity contribution in [2.24, 2.45) is 0 Å². The minimum Gasteiger partial charge on any atom is -0.396 e. The van der Waals surface area contributed by atoms with Gasteiger partial charge < -0.3 is 20.9 Å². The number of hydrogen-bond acceptors (Lipinski definition) is 8. The van der Waals surface area contributed by atoms with Crippen molar-refractivity contribution in [2.75, 3.05) is 22.9 Å². The third-order valence-corrected chi connectivity index (χ3v) is 7.70. The largest absolute Gasteiger partial charge is 0.396 e. The number of nitrogens with zero attached hydrogens (tertiary/aromatic N) is 7. The molecule has 1 aromatic carbocycles. The summed E-state index contributed by atoms with van der Waals surface area (Å²) in [6, 6.07) is 7.96. The molecule has 0 saturated heterocycles. The number of nitriles is 1. The zero-order valence-corrected chi connectivity index (χ0v) is 21.2. The van der Waals surface area contributed by atoms with Crippen molar-refractivity contribution in [3.05, 3.63) is 71.6 Å². The van der Waals surface area contributed by atoms with Crippen LogP contribution in [0.25, 0.3) is 21.9 Å². The van der Waals surface area contributed by atoms with E-state index >= 15 is 4.39 Å². The molecule has 11 heteroatoms. The van der Waals surface area contributed by atoms with E-state index in [1.807, 2.05) is 36.1 Å². The van der Waals surface area contributed by atoms with Crippen LogP contribution in [0.2, 0.25) is 0 Å². The topological polar surface area (TPSA) is 135 Å². The molecule has 7 rings (SSSR count). The second kappa shape index (κ2) is 8.80. The van der Waals surface area contributed by atoms with Crippen LogP contribution in [0.5, 0.6) is 0 Å². The van der Waals surface area contributed by atoms with E-state index in [1.165, 1.54) is 0 Å². The van der Waals surface area contributed by atoms with Crippen molar-refractivity contribution in [2.45, 2.75) is 38.8 Å². The number of imidazole rings is 1. The van der Waals surface area contributed by atoms with Crippen molar-refractivity contribution in [1.82, 2.24) is 29.3 Å². The maximum absolute atomic E-state index is 15.6. The van der Waals surface area contributed by atoms with Gasteiger partial charge >= 0.3 is 0 Å². The molecule has 4 N–H and O–H groups in total. The lowest BCUT2D eigenvalue weighted by Crippen LogP contribution is -2.18. The van der Waals surface area contributed by atoms with Crippen LogP contribution in [-0.2, 0) is 19.5 Å². The van der Waals surface area contributed by atoms with Crippen LogP contribution in [0.15, 0.2) is 43.0 Å². The number of nitrogens with two attached hydrogens (primary N) is 1. The molecule has 0 spiro atoms. The fraction of sp³-hybridized carbons (Fsp3) is 0.250. The van der Waals surface area contributed by atoms with E-state index in [9.17, 15) is 5.26 Å².